The number of hydrogen-bond acceptors (Lipinski definition) is 3. The van der Waals surface area contributed by atoms with Gasteiger partial charge in [0.25, 0.3) is 5.91 Å². The third-order valence-corrected chi connectivity index (χ3v) is 4.73. The summed E-state index contributed by atoms with van der Waals surface area (Å²) in [7, 11) is 1.81. The predicted molar refractivity (Wildman–Crippen MR) is 82.7 cm³/mol. The van der Waals surface area contributed by atoms with Gasteiger partial charge in [-0.15, -0.1) is 0 Å². The van der Waals surface area contributed by atoms with Gasteiger partial charge in [0.05, 0.1) is 25.2 Å². The minimum Gasteiger partial charge on any atom is -0.378 e. The molecule has 0 N–H and O–H groups in total. The summed E-state index contributed by atoms with van der Waals surface area (Å²) < 4.78 is 5.58. The molecule has 0 radical (unpaired) electrons. The number of carbonyl (C=O) groups excluding carboxylic acids is 2. The molecule has 2 aliphatic heterocycles. The summed E-state index contributed by atoms with van der Waals surface area (Å²) in [6.45, 7) is 5.78. The van der Waals surface area contributed by atoms with Crippen molar-refractivity contribution in [1.82, 2.24) is 9.80 Å². The lowest BCUT2D eigenvalue weighted by molar-refractivity contribution is -0.133. The summed E-state index contributed by atoms with van der Waals surface area (Å²) in [5.41, 5.74) is 2.73. The van der Waals surface area contributed by atoms with E-state index in [0.29, 0.717) is 26.3 Å². The van der Waals surface area contributed by atoms with Crippen molar-refractivity contribution >= 4 is 11.8 Å². The van der Waals surface area contributed by atoms with E-state index in [4.69, 9.17) is 4.74 Å². The Hall–Kier alpha value is -1.88. The Labute approximate surface area is 130 Å². The van der Waals surface area contributed by atoms with Crippen molar-refractivity contribution in [1.29, 1.82) is 0 Å². The maximum absolute atomic E-state index is 13.0. The zero-order chi connectivity index (χ0) is 15.9. The molecule has 0 unspecified atom stereocenters. The van der Waals surface area contributed by atoms with Crippen molar-refractivity contribution in [3.63, 3.8) is 0 Å². The zero-order valence-corrected chi connectivity index (χ0v) is 13.3. The number of benzene rings is 1. The highest BCUT2D eigenvalue weighted by Gasteiger charge is 2.39. The Morgan fingerprint density at radius 3 is 2.55 bits per heavy atom. The molecule has 1 aromatic carbocycles. The van der Waals surface area contributed by atoms with Crippen LogP contribution < -0.4 is 0 Å². The van der Waals surface area contributed by atoms with E-state index < -0.39 is 0 Å². The molecule has 2 heterocycles. The minimum atomic E-state index is -0.259. The summed E-state index contributed by atoms with van der Waals surface area (Å²) in [6, 6.07) is 5.82. The second kappa shape index (κ2) is 5.72. The number of rotatable bonds is 1. The molecule has 2 saturated heterocycles. The number of carbonyl (C=O) groups is 2. The maximum Gasteiger partial charge on any atom is 0.254 e. The van der Waals surface area contributed by atoms with Crippen molar-refractivity contribution in [3.8, 4) is 0 Å². The van der Waals surface area contributed by atoms with E-state index in [2.05, 4.69) is 0 Å². The van der Waals surface area contributed by atoms with Gasteiger partial charge in [-0.3, -0.25) is 9.59 Å². The standard InChI is InChI=1S/C17H22N2O3/c1-11-5-4-6-12(2)15(11)17(21)19-7-13-9-22-10-14(8-19)18(3)16(13)20/h4-6,13-14H,7-10H2,1-3H3/t13-,14+/m1/s1. The van der Waals surface area contributed by atoms with Crippen LogP contribution >= 0.6 is 0 Å². The predicted octanol–water partition coefficient (Wildman–Crippen LogP) is 1.23. The molecule has 5 nitrogen and oxygen atoms in total. The van der Waals surface area contributed by atoms with Crippen LogP contribution in [-0.4, -0.2) is 61.0 Å². The SMILES string of the molecule is Cc1cccc(C)c1C(=O)N1C[C@@H]2COC[C@H](C1)N(C)C2=O. The summed E-state index contributed by atoms with van der Waals surface area (Å²) >= 11 is 0. The van der Waals surface area contributed by atoms with Gasteiger partial charge in [0, 0.05) is 25.7 Å². The average Bonchev–Trinajstić information content (AvgIpc) is 2.64. The Morgan fingerprint density at radius 1 is 1.18 bits per heavy atom. The number of fused-ring (bicyclic) bond motifs is 3. The van der Waals surface area contributed by atoms with E-state index in [1.54, 1.807) is 4.90 Å². The van der Waals surface area contributed by atoms with Gasteiger partial charge in [-0.05, 0) is 25.0 Å². The summed E-state index contributed by atoms with van der Waals surface area (Å²) in [4.78, 5) is 28.9. The van der Waals surface area contributed by atoms with Gasteiger partial charge in [0.2, 0.25) is 5.91 Å². The fraction of sp³-hybridized carbons (Fsp3) is 0.529. The minimum absolute atomic E-state index is 0.0237. The van der Waals surface area contributed by atoms with Crippen molar-refractivity contribution < 1.29 is 14.3 Å². The molecule has 2 amide bonds. The molecule has 0 spiro atoms. The van der Waals surface area contributed by atoms with Crippen LogP contribution in [-0.2, 0) is 9.53 Å². The average molecular weight is 302 g/mol. The largest absolute Gasteiger partial charge is 0.378 e. The molecule has 118 valence electrons. The molecular formula is C17H22N2O3. The van der Waals surface area contributed by atoms with Crippen molar-refractivity contribution in [2.75, 3.05) is 33.4 Å². The molecule has 2 atom stereocenters. The molecule has 2 fully saturated rings. The van der Waals surface area contributed by atoms with Gasteiger partial charge in [0.15, 0.2) is 0 Å². The summed E-state index contributed by atoms with van der Waals surface area (Å²) in [6.07, 6.45) is 0. The lowest BCUT2D eigenvalue weighted by atomic mass is 10.0. The van der Waals surface area contributed by atoms with Crippen LogP contribution in [0.2, 0.25) is 0 Å². The molecule has 5 heteroatoms. The van der Waals surface area contributed by atoms with E-state index in [0.717, 1.165) is 16.7 Å². The van der Waals surface area contributed by atoms with Crippen LogP contribution in [0, 0.1) is 19.8 Å². The first kappa shape index (κ1) is 15.0. The number of aryl methyl sites for hydroxylation is 2. The summed E-state index contributed by atoms with van der Waals surface area (Å²) in [5.74, 6) is -0.152. The quantitative estimate of drug-likeness (QED) is 0.784. The number of likely N-dealkylation sites (N-methyl/N-ethyl adjacent to an activating group) is 1. The molecule has 0 aromatic heterocycles. The zero-order valence-electron chi connectivity index (χ0n) is 13.3. The number of hydrogen-bond donors (Lipinski definition) is 0. The van der Waals surface area contributed by atoms with Gasteiger partial charge in [0.1, 0.15) is 0 Å². The number of amides is 2. The van der Waals surface area contributed by atoms with E-state index in [-0.39, 0.29) is 23.8 Å². The van der Waals surface area contributed by atoms with Gasteiger partial charge in [-0.2, -0.15) is 0 Å². The normalized spacial score (nSPS) is 25.1. The lowest BCUT2D eigenvalue weighted by Gasteiger charge is -2.30. The topological polar surface area (TPSA) is 49.9 Å². The molecule has 3 rings (SSSR count). The van der Waals surface area contributed by atoms with Crippen LogP contribution in [0.4, 0.5) is 0 Å². The Kier molecular flexibility index (Phi) is 3.91. The van der Waals surface area contributed by atoms with E-state index in [9.17, 15) is 9.59 Å². The second-order valence-electron chi connectivity index (χ2n) is 6.31. The maximum atomic E-state index is 13.0. The first-order chi connectivity index (χ1) is 10.5. The first-order valence-electron chi connectivity index (χ1n) is 7.69. The Balaban J connectivity index is 1.92. The second-order valence-corrected chi connectivity index (χ2v) is 6.31. The van der Waals surface area contributed by atoms with Crippen LogP contribution in [0.5, 0.6) is 0 Å². The molecule has 0 aliphatic carbocycles. The van der Waals surface area contributed by atoms with E-state index >= 15 is 0 Å². The van der Waals surface area contributed by atoms with E-state index in [1.807, 2.05) is 44.0 Å². The van der Waals surface area contributed by atoms with Crippen LogP contribution in [0.25, 0.3) is 0 Å². The molecule has 1 aromatic rings. The third-order valence-electron chi connectivity index (χ3n) is 4.73. The van der Waals surface area contributed by atoms with Gasteiger partial charge < -0.3 is 14.5 Å². The van der Waals surface area contributed by atoms with Gasteiger partial charge in [-0.25, -0.2) is 0 Å². The van der Waals surface area contributed by atoms with Gasteiger partial charge >= 0.3 is 0 Å². The third kappa shape index (κ3) is 2.50. The molecule has 2 bridgehead atoms. The first-order valence-corrected chi connectivity index (χ1v) is 7.69. The monoisotopic (exact) mass is 302 g/mol. The highest BCUT2D eigenvalue weighted by Crippen LogP contribution is 2.23. The summed E-state index contributed by atoms with van der Waals surface area (Å²) in [5, 5.41) is 0. The lowest BCUT2D eigenvalue weighted by Crippen LogP contribution is -2.45. The van der Waals surface area contributed by atoms with Crippen molar-refractivity contribution in [2.24, 2.45) is 5.92 Å². The molecular weight excluding hydrogens is 280 g/mol. The highest BCUT2D eigenvalue weighted by atomic mass is 16.5. The fourth-order valence-corrected chi connectivity index (χ4v) is 3.37. The smallest absolute Gasteiger partial charge is 0.254 e. The molecule has 22 heavy (non-hydrogen) atoms. The van der Waals surface area contributed by atoms with Crippen LogP contribution in [0.15, 0.2) is 18.2 Å². The van der Waals surface area contributed by atoms with Gasteiger partial charge in [-0.1, -0.05) is 18.2 Å². The van der Waals surface area contributed by atoms with Crippen molar-refractivity contribution in [3.05, 3.63) is 34.9 Å². The number of ether oxygens (including phenoxy) is 1. The van der Waals surface area contributed by atoms with Crippen molar-refractivity contribution in [2.45, 2.75) is 19.9 Å². The van der Waals surface area contributed by atoms with Crippen LogP contribution in [0.1, 0.15) is 21.5 Å². The highest BCUT2D eigenvalue weighted by molar-refractivity contribution is 5.97. The Morgan fingerprint density at radius 2 is 1.86 bits per heavy atom. The number of nitrogens with zero attached hydrogens (tertiary/aromatic N) is 2. The molecule has 0 saturated carbocycles. The Bertz CT molecular complexity index is 594. The molecule has 2 aliphatic rings. The fourth-order valence-electron chi connectivity index (χ4n) is 3.37. The van der Waals surface area contributed by atoms with Crippen LogP contribution in [0.3, 0.4) is 0 Å². The van der Waals surface area contributed by atoms with E-state index in [1.165, 1.54) is 0 Å².